The summed E-state index contributed by atoms with van der Waals surface area (Å²) in [5.41, 5.74) is 2.78. The quantitative estimate of drug-likeness (QED) is 0.708. The van der Waals surface area contributed by atoms with Crippen LogP contribution in [0, 0.1) is 0 Å². The van der Waals surface area contributed by atoms with Gasteiger partial charge in [0.25, 0.3) is 10.0 Å². The number of aromatic nitrogens is 2. The lowest BCUT2D eigenvalue weighted by Crippen LogP contribution is -2.28. The average Bonchev–Trinajstić information content (AvgIpc) is 3.07. The molecule has 1 aromatic carbocycles. The van der Waals surface area contributed by atoms with Gasteiger partial charge in [0.1, 0.15) is 0 Å². The van der Waals surface area contributed by atoms with Gasteiger partial charge in [0.05, 0.1) is 5.69 Å². The molecule has 1 N–H and O–H groups in total. The number of imidazole rings is 1. The predicted molar refractivity (Wildman–Crippen MR) is 103 cm³/mol. The standard InChI is InChI=1S/C15H15ClN4O2S2.ClH/c1-19-6-5-10-3-2-4-12(11(10)9-19)18-24(21,22)14-13(16)17-15-20(14)7-8-23-15;/h2-4,7-8,18H,5-6,9H2,1H3;1H. The number of anilines is 1. The van der Waals surface area contributed by atoms with E-state index in [0.717, 1.165) is 18.5 Å². The van der Waals surface area contributed by atoms with Crippen molar-refractivity contribution in [1.29, 1.82) is 0 Å². The lowest BCUT2D eigenvalue weighted by atomic mass is 9.99. The topological polar surface area (TPSA) is 66.7 Å². The zero-order chi connectivity index (χ0) is 16.9. The molecule has 10 heteroatoms. The van der Waals surface area contributed by atoms with Gasteiger partial charge in [-0.05, 0) is 30.7 Å². The molecule has 0 atom stereocenters. The third-order valence-corrected chi connectivity index (χ3v) is 6.66. The second kappa shape index (κ2) is 6.77. The van der Waals surface area contributed by atoms with E-state index in [2.05, 4.69) is 14.6 Å². The van der Waals surface area contributed by atoms with E-state index in [1.807, 2.05) is 19.2 Å². The monoisotopic (exact) mass is 418 g/mol. The first-order valence-electron chi connectivity index (χ1n) is 7.39. The molecule has 0 aliphatic carbocycles. The summed E-state index contributed by atoms with van der Waals surface area (Å²) in [6.45, 7) is 1.68. The van der Waals surface area contributed by atoms with Crippen LogP contribution < -0.4 is 4.72 Å². The Kier molecular flexibility index (Phi) is 5.00. The fraction of sp³-hybridized carbons (Fsp3) is 0.267. The first kappa shape index (κ1) is 18.5. The smallest absolute Gasteiger partial charge is 0.281 e. The van der Waals surface area contributed by atoms with E-state index in [9.17, 15) is 8.42 Å². The van der Waals surface area contributed by atoms with Gasteiger partial charge in [-0.25, -0.2) is 4.98 Å². The van der Waals surface area contributed by atoms with Crippen LogP contribution in [0.5, 0.6) is 0 Å². The largest absolute Gasteiger partial charge is 0.302 e. The molecule has 0 amide bonds. The van der Waals surface area contributed by atoms with E-state index in [4.69, 9.17) is 11.6 Å². The SMILES string of the molecule is CN1CCc2cccc(NS(=O)(=O)c3c(Cl)nc4sccn34)c2C1.Cl. The Morgan fingerprint density at radius 3 is 2.96 bits per heavy atom. The van der Waals surface area contributed by atoms with Crippen molar-refractivity contribution in [2.24, 2.45) is 0 Å². The van der Waals surface area contributed by atoms with Crippen LogP contribution >= 0.6 is 35.3 Å². The van der Waals surface area contributed by atoms with Crippen molar-refractivity contribution in [2.45, 2.75) is 18.0 Å². The molecule has 0 fully saturated rings. The number of likely N-dealkylation sites (N-methyl/N-ethyl adjacent to an activating group) is 1. The van der Waals surface area contributed by atoms with Crippen molar-refractivity contribution >= 4 is 56.0 Å². The number of nitrogens with one attached hydrogen (secondary N) is 1. The van der Waals surface area contributed by atoms with Crippen molar-refractivity contribution in [3.8, 4) is 0 Å². The minimum atomic E-state index is -3.84. The summed E-state index contributed by atoms with van der Waals surface area (Å²) >= 11 is 7.41. The number of hydrogen-bond acceptors (Lipinski definition) is 5. The Bertz CT molecular complexity index is 1030. The van der Waals surface area contributed by atoms with Crippen molar-refractivity contribution in [3.63, 3.8) is 0 Å². The third-order valence-electron chi connectivity index (χ3n) is 4.14. The lowest BCUT2D eigenvalue weighted by molar-refractivity contribution is 0.313. The third kappa shape index (κ3) is 3.24. The van der Waals surface area contributed by atoms with Crippen molar-refractivity contribution < 1.29 is 8.42 Å². The second-order valence-electron chi connectivity index (χ2n) is 5.80. The molecule has 3 aromatic rings. The van der Waals surface area contributed by atoms with Crippen LogP contribution in [0.25, 0.3) is 4.96 Å². The van der Waals surface area contributed by atoms with E-state index in [-0.39, 0.29) is 22.6 Å². The highest BCUT2D eigenvalue weighted by molar-refractivity contribution is 7.92. The molecule has 0 unspecified atom stereocenters. The minimum absolute atomic E-state index is 0. The average molecular weight is 419 g/mol. The molecule has 0 saturated carbocycles. The molecule has 3 heterocycles. The number of hydrogen-bond donors (Lipinski definition) is 1. The summed E-state index contributed by atoms with van der Waals surface area (Å²) in [4.78, 5) is 6.82. The Balaban J connectivity index is 0.00000182. The Hall–Kier alpha value is -1.32. The van der Waals surface area contributed by atoms with Crippen LogP contribution in [-0.2, 0) is 23.0 Å². The molecule has 0 radical (unpaired) electrons. The molecule has 2 aromatic heterocycles. The van der Waals surface area contributed by atoms with Crippen molar-refractivity contribution in [1.82, 2.24) is 14.3 Å². The highest BCUT2D eigenvalue weighted by Gasteiger charge is 2.27. The summed E-state index contributed by atoms with van der Waals surface area (Å²) in [7, 11) is -1.82. The summed E-state index contributed by atoms with van der Waals surface area (Å²) in [6, 6.07) is 5.71. The van der Waals surface area contributed by atoms with Crippen LogP contribution in [0.2, 0.25) is 5.15 Å². The van der Waals surface area contributed by atoms with E-state index in [1.54, 1.807) is 17.6 Å². The normalized spacial score (nSPS) is 15.0. The van der Waals surface area contributed by atoms with Crippen LogP contribution in [0.15, 0.2) is 34.8 Å². The fourth-order valence-electron chi connectivity index (χ4n) is 2.98. The molecule has 1 aliphatic rings. The zero-order valence-electron chi connectivity index (χ0n) is 13.3. The van der Waals surface area contributed by atoms with Gasteiger partial charge in [0, 0.05) is 24.7 Å². The van der Waals surface area contributed by atoms with Gasteiger partial charge in [-0.2, -0.15) is 8.42 Å². The van der Waals surface area contributed by atoms with Crippen molar-refractivity contribution in [3.05, 3.63) is 46.1 Å². The molecule has 0 spiro atoms. The van der Waals surface area contributed by atoms with E-state index in [0.29, 0.717) is 17.2 Å². The van der Waals surface area contributed by atoms with Crippen LogP contribution in [0.3, 0.4) is 0 Å². The maximum atomic E-state index is 12.9. The molecule has 25 heavy (non-hydrogen) atoms. The van der Waals surface area contributed by atoms with Gasteiger partial charge in [-0.3, -0.25) is 9.12 Å². The first-order valence-corrected chi connectivity index (χ1v) is 10.1. The highest BCUT2D eigenvalue weighted by atomic mass is 35.5. The minimum Gasteiger partial charge on any atom is -0.302 e. The first-order chi connectivity index (χ1) is 11.5. The highest BCUT2D eigenvalue weighted by Crippen LogP contribution is 2.30. The summed E-state index contributed by atoms with van der Waals surface area (Å²) in [5.74, 6) is 0. The maximum absolute atomic E-state index is 12.9. The van der Waals surface area contributed by atoms with Crippen molar-refractivity contribution in [2.75, 3.05) is 18.3 Å². The molecule has 0 bridgehead atoms. The van der Waals surface area contributed by atoms with E-state index < -0.39 is 10.0 Å². The summed E-state index contributed by atoms with van der Waals surface area (Å²) in [5, 5.41) is 1.73. The maximum Gasteiger partial charge on any atom is 0.281 e. The number of benzene rings is 1. The molecule has 6 nitrogen and oxygen atoms in total. The summed E-state index contributed by atoms with van der Waals surface area (Å²) in [6.07, 6.45) is 2.56. The Morgan fingerprint density at radius 2 is 2.16 bits per heavy atom. The van der Waals surface area contributed by atoms with Crippen LogP contribution in [0.1, 0.15) is 11.1 Å². The van der Waals surface area contributed by atoms with Crippen LogP contribution in [-0.4, -0.2) is 36.3 Å². The number of rotatable bonds is 3. The van der Waals surface area contributed by atoms with E-state index >= 15 is 0 Å². The molecular weight excluding hydrogens is 403 g/mol. The number of thiazole rings is 1. The zero-order valence-corrected chi connectivity index (χ0v) is 16.5. The van der Waals surface area contributed by atoms with Gasteiger partial charge in [-0.1, -0.05) is 23.7 Å². The second-order valence-corrected chi connectivity index (χ2v) is 8.63. The Morgan fingerprint density at radius 1 is 1.36 bits per heavy atom. The van der Waals surface area contributed by atoms with Crippen LogP contribution in [0.4, 0.5) is 5.69 Å². The van der Waals surface area contributed by atoms with Gasteiger partial charge in [0.15, 0.2) is 15.1 Å². The molecule has 4 rings (SSSR count). The van der Waals surface area contributed by atoms with Gasteiger partial charge >= 0.3 is 0 Å². The molecular formula is C15H16Cl2N4O2S2. The number of nitrogens with zero attached hydrogens (tertiary/aromatic N) is 3. The summed E-state index contributed by atoms with van der Waals surface area (Å²) < 4.78 is 30.0. The number of sulfonamides is 1. The van der Waals surface area contributed by atoms with Gasteiger partial charge in [0.2, 0.25) is 0 Å². The molecule has 1 aliphatic heterocycles. The van der Waals surface area contributed by atoms with E-state index in [1.165, 1.54) is 21.3 Å². The molecule has 134 valence electrons. The predicted octanol–water partition coefficient (Wildman–Crippen LogP) is 3.26. The Labute approximate surface area is 160 Å². The van der Waals surface area contributed by atoms with Gasteiger partial charge in [-0.15, -0.1) is 23.7 Å². The number of halogens is 2. The number of fused-ring (bicyclic) bond motifs is 2. The molecule has 0 saturated heterocycles. The van der Waals surface area contributed by atoms with Gasteiger partial charge < -0.3 is 4.90 Å². The fourth-order valence-corrected chi connectivity index (χ4v) is 5.53. The lowest BCUT2D eigenvalue weighted by Gasteiger charge is -2.27.